The predicted molar refractivity (Wildman–Crippen MR) is 53.1 cm³/mol. The minimum atomic E-state index is -0.499. The molecule has 0 bridgehead atoms. The molecule has 0 spiro atoms. The molecule has 3 N–H and O–H groups in total. The molecule has 0 aromatic heterocycles. The molecule has 0 aliphatic carbocycles. The van der Waals surface area contributed by atoms with E-state index in [2.05, 4.69) is 10.3 Å². The molecular formula is C9H19N3O2. The average Bonchev–Trinajstić information content (AvgIpc) is 2.18. The largest absolute Gasteiger partial charge is 0.446 e. The Morgan fingerprint density at radius 2 is 2.07 bits per heavy atom. The van der Waals surface area contributed by atoms with Crippen molar-refractivity contribution in [3.63, 3.8) is 0 Å². The summed E-state index contributed by atoms with van der Waals surface area (Å²) in [6.07, 6.45) is 1.98. The lowest BCUT2D eigenvalue weighted by Crippen LogP contribution is -2.53. The van der Waals surface area contributed by atoms with E-state index in [1.807, 2.05) is 13.8 Å². The average molecular weight is 201 g/mol. The molecule has 0 saturated carbocycles. The van der Waals surface area contributed by atoms with Gasteiger partial charge in [-0.2, -0.15) is 0 Å². The van der Waals surface area contributed by atoms with Gasteiger partial charge in [-0.15, -0.1) is 0 Å². The van der Waals surface area contributed by atoms with Crippen LogP contribution in [0.3, 0.4) is 0 Å². The van der Waals surface area contributed by atoms with Gasteiger partial charge in [0.25, 0.3) is 6.47 Å². The quantitative estimate of drug-likeness (QED) is 0.375. The fraction of sp³-hybridized carbons (Fsp3) is 0.889. The Hall–Kier alpha value is -0.650. The number of hydrazine groups is 1. The second kappa shape index (κ2) is 4.72. The SMILES string of the molecule is CC(C)(OC=O)N1CCC(NN)CC1. The summed E-state index contributed by atoms with van der Waals surface area (Å²) in [5.41, 5.74) is 2.27. The van der Waals surface area contributed by atoms with E-state index in [1.54, 1.807) is 0 Å². The fourth-order valence-electron chi connectivity index (χ4n) is 1.78. The summed E-state index contributed by atoms with van der Waals surface area (Å²) in [4.78, 5) is 12.5. The lowest BCUT2D eigenvalue weighted by Gasteiger charge is -2.41. The summed E-state index contributed by atoms with van der Waals surface area (Å²) in [6, 6.07) is 0.387. The van der Waals surface area contributed by atoms with Gasteiger partial charge in [0.15, 0.2) is 5.72 Å². The first-order chi connectivity index (χ1) is 6.60. The van der Waals surface area contributed by atoms with Gasteiger partial charge < -0.3 is 4.74 Å². The zero-order chi connectivity index (χ0) is 10.6. The smallest absolute Gasteiger partial charge is 0.294 e. The van der Waals surface area contributed by atoms with E-state index in [9.17, 15) is 4.79 Å². The number of hydrogen-bond acceptors (Lipinski definition) is 5. The highest BCUT2D eigenvalue weighted by molar-refractivity contribution is 5.38. The summed E-state index contributed by atoms with van der Waals surface area (Å²) in [5, 5.41) is 0. The Morgan fingerprint density at radius 3 is 2.50 bits per heavy atom. The Morgan fingerprint density at radius 1 is 1.50 bits per heavy atom. The van der Waals surface area contributed by atoms with Crippen LogP contribution in [-0.2, 0) is 9.53 Å². The zero-order valence-electron chi connectivity index (χ0n) is 8.82. The third-order valence-corrected chi connectivity index (χ3v) is 2.83. The first kappa shape index (κ1) is 11.4. The lowest BCUT2D eigenvalue weighted by molar-refractivity contribution is -0.163. The van der Waals surface area contributed by atoms with Crippen molar-refractivity contribution in [2.24, 2.45) is 5.84 Å². The molecule has 1 aliphatic rings. The van der Waals surface area contributed by atoms with E-state index >= 15 is 0 Å². The van der Waals surface area contributed by atoms with Crippen molar-refractivity contribution in [3.8, 4) is 0 Å². The Kier molecular flexibility index (Phi) is 3.86. The molecule has 82 valence electrons. The standard InChI is InChI=1S/C9H19N3O2/c1-9(2,14-7-13)12-5-3-8(11-10)4-6-12/h7-8,11H,3-6,10H2,1-2H3. The summed E-state index contributed by atoms with van der Waals surface area (Å²) in [6.45, 7) is 6.11. The number of rotatable bonds is 4. The van der Waals surface area contributed by atoms with Crippen LogP contribution in [0.5, 0.6) is 0 Å². The van der Waals surface area contributed by atoms with Crippen LogP contribution in [0.4, 0.5) is 0 Å². The number of likely N-dealkylation sites (tertiary alicyclic amines) is 1. The number of carbonyl (C=O) groups excluding carboxylic acids is 1. The van der Waals surface area contributed by atoms with Crippen molar-refractivity contribution in [2.45, 2.75) is 38.5 Å². The molecule has 0 aromatic rings. The zero-order valence-corrected chi connectivity index (χ0v) is 8.82. The third-order valence-electron chi connectivity index (χ3n) is 2.83. The van der Waals surface area contributed by atoms with E-state index < -0.39 is 5.72 Å². The molecule has 0 atom stereocenters. The number of hydrogen-bond donors (Lipinski definition) is 2. The molecule has 14 heavy (non-hydrogen) atoms. The van der Waals surface area contributed by atoms with Crippen molar-refractivity contribution in [2.75, 3.05) is 13.1 Å². The van der Waals surface area contributed by atoms with E-state index in [4.69, 9.17) is 10.6 Å². The molecular weight excluding hydrogens is 182 g/mol. The second-order valence-corrected chi connectivity index (χ2v) is 4.09. The summed E-state index contributed by atoms with van der Waals surface area (Å²) in [5.74, 6) is 5.36. The highest BCUT2D eigenvalue weighted by Crippen LogP contribution is 2.20. The highest BCUT2D eigenvalue weighted by Gasteiger charge is 2.31. The van der Waals surface area contributed by atoms with Crippen molar-refractivity contribution in [3.05, 3.63) is 0 Å². The molecule has 5 nitrogen and oxygen atoms in total. The number of nitrogens with zero attached hydrogens (tertiary/aromatic N) is 1. The number of nitrogens with one attached hydrogen (secondary N) is 1. The molecule has 1 rings (SSSR count). The van der Waals surface area contributed by atoms with Crippen molar-refractivity contribution in [1.29, 1.82) is 0 Å². The van der Waals surface area contributed by atoms with Gasteiger partial charge in [0.1, 0.15) is 0 Å². The predicted octanol–water partition coefficient (Wildman–Crippen LogP) is -0.177. The maximum Gasteiger partial charge on any atom is 0.294 e. The second-order valence-electron chi connectivity index (χ2n) is 4.09. The fourth-order valence-corrected chi connectivity index (χ4v) is 1.78. The Labute approximate surface area is 84.5 Å². The number of carbonyl (C=O) groups is 1. The van der Waals surface area contributed by atoms with Gasteiger partial charge in [0, 0.05) is 19.1 Å². The van der Waals surface area contributed by atoms with Crippen LogP contribution < -0.4 is 11.3 Å². The van der Waals surface area contributed by atoms with Crippen molar-refractivity contribution in [1.82, 2.24) is 10.3 Å². The van der Waals surface area contributed by atoms with E-state index in [1.165, 1.54) is 0 Å². The van der Waals surface area contributed by atoms with Crippen LogP contribution >= 0.6 is 0 Å². The maximum atomic E-state index is 10.3. The van der Waals surface area contributed by atoms with Gasteiger partial charge in [0.05, 0.1) is 0 Å². The van der Waals surface area contributed by atoms with Gasteiger partial charge in [-0.3, -0.25) is 21.0 Å². The third kappa shape index (κ3) is 2.67. The normalized spacial score (nSPS) is 20.8. The van der Waals surface area contributed by atoms with E-state index in [0.29, 0.717) is 12.5 Å². The number of piperidine rings is 1. The van der Waals surface area contributed by atoms with Gasteiger partial charge >= 0.3 is 0 Å². The molecule has 1 heterocycles. The first-order valence-electron chi connectivity index (χ1n) is 4.93. The van der Waals surface area contributed by atoms with Gasteiger partial charge in [-0.1, -0.05) is 0 Å². The van der Waals surface area contributed by atoms with Crippen LogP contribution in [-0.4, -0.2) is 36.2 Å². The van der Waals surface area contributed by atoms with E-state index in [0.717, 1.165) is 25.9 Å². The lowest BCUT2D eigenvalue weighted by atomic mass is 10.0. The van der Waals surface area contributed by atoms with Crippen molar-refractivity contribution < 1.29 is 9.53 Å². The summed E-state index contributed by atoms with van der Waals surface area (Å²) >= 11 is 0. The van der Waals surface area contributed by atoms with Crippen LogP contribution in [0.15, 0.2) is 0 Å². The molecule has 1 saturated heterocycles. The molecule has 1 aliphatic heterocycles. The van der Waals surface area contributed by atoms with Crippen LogP contribution in [0.1, 0.15) is 26.7 Å². The van der Waals surface area contributed by atoms with Crippen LogP contribution in [0.2, 0.25) is 0 Å². The number of nitrogens with two attached hydrogens (primary N) is 1. The molecule has 0 amide bonds. The van der Waals surface area contributed by atoms with Gasteiger partial charge in [0.2, 0.25) is 0 Å². The number of ether oxygens (including phenoxy) is 1. The van der Waals surface area contributed by atoms with Crippen molar-refractivity contribution >= 4 is 6.47 Å². The van der Waals surface area contributed by atoms with Crippen LogP contribution in [0.25, 0.3) is 0 Å². The molecule has 5 heteroatoms. The molecule has 0 radical (unpaired) electrons. The molecule has 1 fully saturated rings. The van der Waals surface area contributed by atoms with Gasteiger partial charge in [-0.05, 0) is 26.7 Å². The molecule has 0 aromatic carbocycles. The van der Waals surface area contributed by atoms with E-state index in [-0.39, 0.29) is 0 Å². The Bertz CT molecular complexity index is 188. The highest BCUT2D eigenvalue weighted by atomic mass is 16.6. The van der Waals surface area contributed by atoms with Gasteiger partial charge in [-0.25, -0.2) is 0 Å². The summed E-state index contributed by atoms with van der Waals surface area (Å²) < 4.78 is 5.03. The minimum absolute atomic E-state index is 0.387. The minimum Gasteiger partial charge on any atom is -0.446 e. The first-order valence-corrected chi connectivity index (χ1v) is 4.93. The topological polar surface area (TPSA) is 67.6 Å². The maximum absolute atomic E-state index is 10.3. The monoisotopic (exact) mass is 201 g/mol. The Balaban J connectivity index is 2.44. The molecule has 0 unspecified atom stereocenters. The van der Waals surface area contributed by atoms with Crippen LogP contribution in [0, 0.1) is 0 Å². The summed E-state index contributed by atoms with van der Waals surface area (Å²) in [7, 11) is 0.